The molecule has 0 unspecified atom stereocenters. The first kappa shape index (κ1) is 16.2. The van der Waals surface area contributed by atoms with Gasteiger partial charge in [0.2, 0.25) is 5.91 Å². The third-order valence-electron chi connectivity index (χ3n) is 4.43. The van der Waals surface area contributed by atoms with Crippen molar-refractivity contribution in [2.45, 2.75) is 24.8 Å². The van der Waals surface area contributed by atoms with Crippen LogP contribution >= 0.6 is 15.9 Å². The second kappa shape index (κ2) is 6.45. The summed E-state index contributed by atoms with van der Waals surface area (Å²) in [5.74, 6) is 0.444. The fourth-order valence-electron chi connectivity index (χ4n) is 3.06. The Balaban J connectivity index is 1.48. The first-order chi connectivity index (χ1) is 11.0. The molecule has 7 nitrogen and oxygen atoms in total. The molecule has 0 bridgehead atoms. The smallest absolute Gasteiger partial charge is 0.407 e. The van der Waals surface area contributed by atoms with Gasteiger partial charge in [0, 0.05) is 43.3 Å². The fraction of sp³-hybridized carbons (Fsp3) is 0.533. The number of rotatable bonds is 4. The molecule has 2 aliphatic rings. The van der Waals surface area contributed by atoms with Crippen molar-refractivity contribution in [1.82, 2.24) is 14.8 Å². The molecule has 1 saturated carbocycles. The number of nitrogens with zero attached hydrogens (tertiary/aromatic N) is 3. The molecule has 2 fully saturated rings. The van der Waals surface area contributed by atoms with E-state index in [1.807, 2.05) is 0 Å². The summed E-state index contributed by atoms with van der Waals surface area (Å²) in [6, 6.07) is 3.55. The van der Waals surface area contributed by atoms with E-state index in [-0.39, 0.29) is 11.4 Å². The molecule has 8 heteroatoms. The second-order valence-electron chi connectivity index (χ2n) is 6.09. The molecular formula is C15H19BrN4O3. The minimum Gasteiger partial charge on any atom is -0.465 e. The van der Waals surface area contributed by atoms with Crippen LogP contribution in [-0.2, 0) is 4.79 Å². The number of amides is 2. The largest absolute Gasteiger partial charge is 0.465 e. The number of anilines is 1. The van der Waals surface area contributed by atoms with Crippen LogP contribution < -0.4 is 5.32 Å². The van der Waals surface area contributed by atoms with Crippen LogP contribution in [0.3, 0.4) is 0 Å². The SMILES string of the molecule is O=C(CCN1CCN(C(=O)O)C2(CC2)C1)Nc1cc(Br)ccn1. The van der Waals surface area contributed by atoms with Gasteiger partial charge in [-0.2, -0.15) is 0 Å². The second-order valence-corrected chi connectivity index (χ2v) is 7.01. The van der Waals surface area contributed by atoms with E-state index in [0.29, 0.717) is 31.9 Å². The Morgan fingerprint density at radius 3 is 2.83 bits per heavy atom. The van der Waals surface area contributed by atoms with E-state index in [1.54, 1.807) is 23.2 Å². The van der Waals surface area contributed by atoms with Crippen LogP contribution in [0.25, 0.3) is 0 Å². The lowest BCUT2D eigenvalue weighted by Gasteiger charge is -2.40. The van der Waals surface area contributed by atoms with Crippen molar-refractivity contribution in [3.8, 4) is 0 Å². The van der Waals surface area contributed by atoms with E-state index in [1.165, 1.54) is 0 Å². The number of aromatic nitrogens is 1. The number of halogens is 1. The average molecular weight is 383 g/mol. The van der Waals surface area contributed by atoms with Crippen molar-refractivity contribution in [3.63, 3.8) is 0 Å². The number of nitrogens with one attached hydrogen (secondary N) is 1. The van der Waals surface area contributed by atoms with Crippen molar-refractivity contribution in [3.05, 3.63) is 22.8 Å². The molecule has 1 spiro atoms. The van der Waals surface area contributed by atoms with Crippen LogP contribution in [0.15, 0.2) is 22.8 Å². The Labute approximate surface area is 142 Å². The fourth-order valence-corrected chi connectivity index (χ4v) is 3.39. The Morgan fingerprint density at radius 1 is 1.39 bits per heavy atom. The zero-order valence-electron chi connectivity index (χ0n) is 12.7. The first-order valence-corrected chi connectivity index (χ1v) is 8.42. The predicted molar refractivity (Wildman–Crippen MR) is 88.3 cm³/mol. The number of carboxylic acid groups (broad SMARTS) is 1. The lowest BCUT2D eigenvalue weighted by atomic mass is 10.1. The van der Waals surface area contributed by atoms with Gasteiger partial charge in [-0.15, -0.1) is 0 Å². The minimum atomic E-state index is -0.833. The van der Waals surface area contributed by atoms with Crippen LogP contribution in [0.5, 0.6) is 0 Å². The van der Waals surface area contributed by atoms with E-state index >= 15 is 0 Å². The van der Waals surface area contributed by atoms with Crippen LogP contribution in [-0.4, -0.2) is 63.6 Å². The van der Waals surface area contributed by atoms with E-state index < -0.39 is 6.09 Å². The number of carbonyl (C=O) groups excluding carboxylic acids is 1. The number of pyridine rings is 1. The first-order valence-electron chi connectivity index (χ1n) is 7.63. The molecule has 0 radical (unpaired) electrons. The molecular weight excluding hydrogens is 364 g/mol. The molecule has 2 heterocycles. The Bertz CT molecular complexity index is 620. The monoisotopic (exact) mass is 382 g/mol. The summed E-state index contributed by atoms with van der Waals surface area (Å²) in [5.41, 5.74) is -0.202. The van der Waals surface area contributed by atoms with Crippen molar-refractivity contribution in [1.29, 1.82) is 0 Å². The van der Waals surface area contributed by atoms with Gasteiger partial charge in [0.05, 0.1) is 5.54 Å². The summed E-state index contributed by atoms with van der Waals surface area (Å²) < 4.78 is 0.864. The maximum absolute atomic E-state index is 12.0. The van der Waals surface area contributed by atoms with Crippen LogP contribution in [0.4, 0.5) is 10.6 Å². The van der Waals surface area contributed by atoms with Gasteiger partial charge < -0.3 is 15.3 Å². The molecule has 0 atom stereocenters. The zero-order chi connectivity index (χ0) is 16.4. The van der Waals surface area contributed by atoms with Gasteiger partial charge in [-0.1, -0.05) is 15.9 Å². The van der Waals surface area contributed by atoms with Crippen LogP contribution in [0.1, 0.15) is 19.3 Å². The molecule has 3 rings (SSSR count). The van der Waals surface area contributed by atoms with Crippen molar-refractivity contribution in [2.75, 3.05) is 31.5 Å². The Morgan fingerprint density at radius 2 is 2.17 bits per heavy atom. The highest BCUT2D eigenvalue weighted by atomic mass is 79.9. The van der Waals surface area contributed by atoms with Crippen LogP contribution in [0.2, 0.25) is 0 Å². The van der Waals surface area contributed by atoms with Gasteiger partial charge in [0.25, 0.3) is 0 Å². The van der Waals surface area contributed by atoms with Crippen LogP contribution in [0, 0.1) is 0 Å². The standard InChI is InChI=1S/C15H19BrN4O3/c16-11-1-5-17-12(9-11)18-13(21)2-6-19-7-8-20(14(22)23)15(10-19)3-4-15/h1,5,9H,2-4,6-8,10H2,(H,22,23)(H,17,18,21). The molecule has 0 aromatic carbocycles. The third-order valence-corrected chi connectivity index (χ3v) is 4.93. The van der Waals surface area contributed by atoms with E-state index in [9.17, 15) is 14.7 Å². The topological polar surface area (TPSA) is 85.8 Å². The number of carbonyl (C=O) groups is 2. The maximum Gasteiger partial charge on any atom is 0.407 e. The van der Waals surface area contributed by atoms with Gasteiger partial charge in [-0.3, -0.25) is 9.69 Å². The Hall–Kier alpha value is -1.67. The molecule has 1 aromatic heterocycles. The van der Waals surface area contributed by atoms with Crippen molar-refractivity contribution < 1.29 is 14.7 Å². The number of piperazine rings is 1. The quantitative estimate of drug-likeness (QED) is 0.831. The highest BCUT2D eigenvalue weighted by Gasteiger charge is 2.53. The molecule has 1 saturated heterocycles. The molecule has 1 aliphatic carbocycles. The molecule has 1 aliphatic heterocycles. The normalized spacial score (nSPS) is 19.6. The van der Waals surface area contributed by atoms with E-state index in [0.717, 1.165) is 23.9 Å². The lowest BCUT2D eigenvalue weighted by Crippen LogP contribution is -2.56. The predicted octanol–water partition coefficient (Wildman–Crippen LogP) is 2.00. The summed E-state index contributed by atoms with van der Waals surface area (Å²) in [7, 11) is 0. The highest BCUT2D eigenvalue weighted by molar-refractivity contribution is 9.10. The van der Waals surface area contributed by atoms with Crippen molar-refractivity contribution in [2.24, 2.45) is 0 Å². The molecule has 1 aromatic rings. The maximum atomic E-state index is 12.0. The highest BCUT2D eigenvalue weighted by Crippen LogP contribution is 2.44. The Kier molecular flexibility index (Phi) is 4.54. The summed E-state index contributed by atoms with van der Waals surface area (Å²) in [6.07, 6.45) is 3.01. The molecule has 124 valence electrons. The van der Waals surface area contributed by atoms with E-state index in [2.05, 4.69) is 31.1 Å². The van der Waals surface area contributed by atoms with Crippen molar-refractivity contribution >= 4 is 33.7 Å². The average Bonchev–Trinajstić information content (AvgIpc) is 3.24. The molecule has 2 amide bonds. The number of hydrogen-bond donors (Lipinski definition) is 2. The molecule has 23 heavy (non-hydrogen) atoms. The van der Waals surface area contributed by atoms with Gasteiger partial charge >= 0.3 is 6.09 Å². The number of hydrogen-bond acceptors (Lipinski definition) is 4. The molecule has 2 N–H and O–H groups in total. The van der Waals surface area contributed by atoms with Gasteiger partial charge in [-0.05, 0) is 25.0 Å². The summed E-state index contributed by atoms with van der Waals surface area (Å²) >= 11 is 3.34. The van der Waals surface area contributed by atoms with Gasteiger partial charge in [-0.25, -0.2) is 9.78 Å². The zero-order valence-corrected chi connectivity index (χ0v) is 14.3. The summed E-state index contributed by atoms with van der Waals surface area (Å²) in [4.78, 5) is 31.1. The minimum absolute atomic E-state index is 0.0823. The lowest BCUT2D eigenvalue weighted by molar-refractivity contribution is -0.116. The third kappa shape index (κ3) is 3.81. The van der Waals surface area contributed by atoms with Gasteiger partial charge in [0.1, 0.15) is 5.82 Å². The summed E-state index contributed by atoms with van der Waals surface area (Å²) in [5, 5.41) is 12.0. The van der Waals surface area contributed by atoms with E-state index in [4.69, 9.17) is 0 Å². The van der Waals surface area contributed by atoms with Gasteiger partial charge in [0.15, 0.2) is 0 Å². The summed E-state index contributed by atoms with van der Waals surface area (Å²) in [6.45, 7) is 2.55.